The lowest BCUT2D eigenvalue weighted by atomic mass is 10.1. The number of aliphatic carboxylic acids is 2. The lowest BCUT2D eigenvalue weighted by Crippen LogP contribution is -2.12. The van der Waals surface area contributed by atoms with E-state index in [1.54, 1.807) is 0 Å². The molecule has 2 unspecified atom stereocenters. The largest absolute Gasteiger partial charge is 0.481 e. The number of hydrogen-bond donors (Lipinski definition) is 4. The van der Waals surface area contributed by atoms with E-state index in [0.717, 1.165) is 38.5 Å². The Morgan fingerprint density at radius 2 is 1.00 bits per heavy atom. The van der Waals surface area contributed by atoms with Gasteiger partial charge in [-0.2, -0.15) is 0 Å². The Labute approximate surface area is 145 Å². The summed E-state index contributed by atoms with van der Waals surface area (Å²) in [4.78, 5) is 20.3. The van der Waals surface area contributed by atoms with Crippen LogP contribution in [0.2, 0.25) is 0 Å². The Balaban J connectivity index is 0. The maximum atomic E-state index is 10.1. The third-order valence-electron chi connectivity index (χ3n) is 3.60. The summed E-state index contributed by atoms with van der Waals surface area (Å²) in [7, 11) is 0. The predicted octanol–water partition coefficient (Wildman–Crippen LogP) is 3.58. The number of carbonyl (C=O) groups is 2. The van der Waals surface area contributed by atoms with Crippen LogP contribution in [0.15, 0.2) is 0 Å². The third kappa shape index (κ3) is 23.1. The van der Waals surface area contributed by atoms with E-state index in [4.69, 9.17) is 20.4 Å². The van der Waals surface area contributed by atoms with Crippen LogP contribution >= 0.6 is 0 Å². The summed E-state index contributed by atoms with van der Waals surface area (Å²) in [5.74, 6) is -1.84. The van der Waals surface area contributed by atoms with E-state index < -0.39 is 24.1 Å². The first-order valence-electron chi connectivity index (χ1n) is 9.13. The number of aliphatic hydroxyl groups is 2. The van der Waals surface area contributed by atoms with Crippen molar-refractivity contribution in [3.63, 3.8) is 0 Å². The van der Waals surface area contributed by atoms with Gasteiger partial charge in [0.25, 0.3) is 0 Å². The molecule has 0 radical (unpaired) electrons. The predicted molar refractivity (Wildman–Crippen MR) is 94.0 cm³/mol. The number of hydrogen-bond acceptors (Lipinski definition) is 4. The average Bonchev–Trinajstić information content (AvgIpc) is 2.47. The van der Waals surface area contributed by atoms with Gasteiger partial charge in [0.1, 0.15) is 0 Å². The summed E-state index contributed by atoms with van der Waals surface area (Å²) in [6.07, 6.45) is 8.39. The molecule has 0 aromatic rings. The molecule has 0 aliphatic carbocycles. The van der Waals surface area contributed by atoms with Gasteiger partial charge in [-0.25, -0.2) is 0 Å². The zero-order valence-electron chi connectivity index (χ0n) is 15.2. The molecule has 0 aliphatic rings. The van der Waals surface area contributed by atoms with Crippen LogP contribution < -0.4 is 0 Å². The molecule has 0 saturated heterocycles. The second-order valence-corrected chi connectivity index (χ2v) is 6.20. The molecule has 6 heteroatoms. The third-order valence-corrected chi connectivity index (χ3v) is 3.60. The Hall–Kier alpha value is -1.14. The second kappa shape index (κ2) is 18.2. The molecule has 6 nitrogen and oxygen atoms in total. The van der Waals surface area contributed by atoms with Crippen LogP contribution in [0, 0.1) is 0 Å². The molecule has 0 spiro atoms. The standard InChI is InChI=1S/2C9H18O3/c2*1-2-3-4-5-6-8(10)7-9(11)12/h2*8,10H,2-7H2,1H3,(H,11,12). The van der Waals surface area contributed by atoms with Crippen LogP contribution in [0.5, 0.6) is 0 Å². The molecule has 144 valence electrons. The van der Waals surface area contributed by atoms with E-state index in [9.17, 15) is 9.59 Å². The zero-order chi connectivity index (χ0) is 18.8. The molecule has 0 aliphatic heterocycles. The molecular formula is C18H36O6. The molecule has 4 N–H and O–H groups in total. The van der Waals surface area contributed by atoms with Crippen LogP contribution in [0.25, 0.3) is 0 Å². The summed E-state index contributed by atoms with van der Waals surface area (Å²) in [5.41, 5.74) is 0. The highest BCUT2D eigenvalue weighted by atomic mass is 16.4. The van der Waals surface area contributed by atoms with E-state index in [1.807, 2.05) is 0 Å². The normalized spacial score (nSPS) is 12.8. The fourth-order valence-electron chi connectivity index (χ4n) is 2.22. The minimum Gasteiger partial charge on any atom is -0.481 e. The molecule has 0 rings (SSSR count). The molecular weight excluding hydrogens is 312 g/mol. The van der Waals surface area contributed by atoms with Crippen molar-refractivity contribution < 1.29 is 30.0 Å². The molecule has 0 bridgehead atoms. The Bertz CT molecular complexity index is 276. The summed E-state index contributed by atoms with van der Waals surface area (Å²) in [5, 5.41) is 34.9. The zero-order valence-corrected chi connectivity index (χ0v) is 15.2. The highest BCUT2D eigenvalue weighted by Crippen LogP contribution is 2.08. The van der Waals surface area contributed by atoms with E-state index in [2.05, 4.69) is 13.8 Å². The van der Waals surface area contributed by atoms with E-state index in [1.165, 1.54) is 12.8 Å². The maximum absolute atomic E-state index is 10.1. The summed E-state index contributed by atoms with van der Waals surface area (Å²) in [6, 6.07) is 0. The van der Waals surface area contributed by atoms with Crippen LogP contribution in [0.3, 0.4) is 0 Å². The molecule has 2 atom stereocenters. The fourth-order valence-corrected chi connectivity index (χ4v) is 2.22. The summed E-state index contributed by atoms with van der Waals surface area (Å²) < 4.78 is 0. The smallest absolute Gasteiger partial charge is 0.305 e. The molecule has 24 heavy (non-hydrogen) atoms. The van der Waals surface area contributed by atoms with Gasteiger partial charge in [-0.3, -0.25) is 9.59 Å². The van der Waals surface area contributed by atoms with Crippen LogP contribution in [-0.4, -0.2) is 44.6 Å². The number of unbranched alkanes of at least 4 members (excludes halogenated alkanes) is 6. The van der Waals surface area contributed by atoms with Crippen molar-refractivity contribution in [1.29, 1.82) is 0 Å². The molecule has 0 saturated carbocycles. The summed E-state index contributed by atoms with van der Waals surface area (Å²) >= 11 is 0. The summed E-state index contributed by atoms with van der Waals surface area (Å²) in [6.45, 7) is 4.24. The van der Waals surface area contributed by atoms with Gasteiger partial charge in [-0.15, -0.1) is 0 Å². The SMILES string of the molecule is CCCCCCC(O)CC(=O)O.CCCCCCC(O)CC(=O)O. The number of aliphatic hydroxyl groups excluding tert-OH is 2. The van der Waals surface area contributed by atoms with Crippen molar-refractivity contribution in [3.05, 3.63) is 0 Å². The maximum Gasteiger partial charge on any atom is 0.305 e. The Morgan fingerprint density at radius 3 is 1.25 bits per heavy atom. The number of rotatable bonds is 14. The van der Waals surface area contributed by atoms with Gasteiger partial charge >= 0.3 is 11.9 Å². The van der Waals surface area contributed by atoms with Gasteiger partial charge in [-0.05, 0) is 12.8 Å². The van der Waals surface area contributed by atoms with Gasteiger partial charge in [0.05, 0.1) is 25.0 Å². The van der Waals surface area contributed by atoms with Crippen molar-refractivity contribution in [2.45, 2.75) is 103 Å². The first kappa shape index (κ1) is 25.1. The van der Waals surface area contributed by atoms with Crippen molar-refractivity contribution in [3.8, 4) is 0 Å². The minimum absolute atomic E-state index is 0.119. The van der Waals surface area contributed by atoms with Crippen molar-refractivity contribution >= 4 is 11.9 Å². The van der Waals surface area contributed by atoms with E-state index in [0.29, 0.717) is 12.8 Å². The first-order valence-corrected chi connectivity index (χ1v) is 9.13. The molecule has 0 fully saturated rings. The fraction of sp³-hybridized carbons (Fsp3) is 0.889. The van der Waals surface area contributed by atoms with Crippen LogP contribution in [0.4, 0.5) is 0 Å². The van der Waals surface area contributed by atoms with Crippen molar-refractivity contribution in [2.24, 2.45) is 0 Å². The van der Waals surface area contributed by atoms with E-state index >= 15 is 0 Å². The highest BCUT2D eigenvalue weighted by molar-refractivity contribution is 5.67. The quantitative estimate of drug-likeness (QED) is 0.357. The monoisotopic (exact) mass is 348 g/mol. The first-order chi connectivity index (χ1) is 11.3. The number of carboxylic acid groups (broad SMARTS) is 2. The van der Waals surface area contributed by atoms with Gasteiger partial charge in [0.15, 0.2) is 0 Å². The van der Waals surface area contributed by atoms with Gasteiger partial charge in [0, 0.05) is 0 Å². The molecule has 0 amide bonds. The van der Waals surface area contributed by atoms with Gasteiger partial charge in [0.2, 0.25) is 0 Å². The van der Waals surface area contributed by atoms with Gasteiger partial charge in [-0.1, -0.05) is 65.2 Å². The molecule has 0 heterocycles. The molecule has 0 aromatic carbocycles. The Kier molecular flexibility index (Phi) is 19.0. The minimum atomic E-state index is -0.919. The van der Waals surface area contributed by atoms with E-state index in [-0.39, 0.29) is 12.8 Å². The van der Waals surface area contributed by atoms with Crippen LogP contribution in [0.1, 0.15) is 90.9 Å². The average molecular weight is 348 g/mol. The van der Waals surface area contributed by atoms with Crippen LogP contribution in [-0.2, 0) is 9.59 Å². The second-order valence-electron chi connectivity index (χ2n) is 6.20. The van der Waals surface area contributed by atoms with Gasteiger partial charge < -0.3 is 20.4 Å². The van der Waals surface area contributed by atoms with Crippen molar-refractivity contribution in [2.75, 3.05) is 0 Å². The highest BCUT2D eigenvalue weighted by Gasteiger charge is 2.08. The topological polar surface area (TPSA) is 115 Å². The lowest BCUT2D eigenvalue weighted by molar-refractivity contribution is -0.140. The Morgan fingerprint density at radius 1 is 0.667 bits per heavy atom. The van der Waals surface area contributed by atoms with Crippen molar-refractivity contribution in [1.82, 2.24) is 0 Å². The molecule has 0 aromatic heterocycles. The number of carboxylic acids is 2. The lowest BCUT2D eigenvalue weighted by Gasteiger charge is -2.06.